The van der Waals surface area contributed by atoms with Crippen LogP contribution in [0.1, 0.15) is 62.1 Å². The van der Waals surface area contributed by atoms with Crippen LogP contribution in [0.25, 0.3) is 0 Å². The van der Waals surface area contributed by atoms with Gasteiger partial charge in [-0.2, -0.15) is 0 Å². The highest BCUT2D eigenvalue weighted by Gasteiger charge is 2.32. The van der Waals surface area contributed by atoms with Crippen LogP contribution in [0.15, 0.2) is 47.1 Å². The van der Waals surface area contributed by atoms with Crippen LogP contribution >= 0.6 is 0 Å². The topological polar surface area (TPSA) is 92.6 Å². The maximum absolute atomic E-state index is 13.5. The largest absolute Gasteiger partial charge is 0.461 e. The van der Waals surface area contributed by atoms with Crippen LogP contribution in [0, 0.1) is 19.7 Å². The summed E-state index contributed by atoms with van der Waals surface area (Å²) >= 11 is 0. The molecule has 0 aliphatic heterocycles. The van der Waals surface area contributed by atoms with Crippen LogP contribution in [-0.4, -0.2) is 40.2 Å². The summed E-state index contributed by atoms with van der Waals surface area (Å²) in [5.74, 6) is -1.67. The molecule has 1 N–H and O–H groups in total. The molecule has 0 bridgehead atoms. The number of carbonyl (C=O) groups excluding carboxylic acids is 3. The number of H-pyrrole nitrogens is 1. The van der Waals surface area contributed by atoms with Crippen molar-refractivity contribution in [3.05, 3.63) is 82.3 Å². The number of aromatic nitrogens is 1. The third-order valence-electron chi connectivity index (χ3n) is 5.27. The fourth-order valence-corrected chi connectivity index (χ4v) is 3.59. The van der Waals surface area contributed by atoms with Gasteiger partial charge in [0.25, 0.3) is 5.91 Å². The van der Waals surface area contributed by atoms with Crippen LogP contribution in [0.2, 0.25) is 0 Å². The first-order chi connectivity index (χ1) is 15.2. The Kier molecular flexibility index (Phi) is 6.92. The molecule has 1 atom stereocenters. The number of furan rings is 1. The Bertz CT molecular complexity index is 1120. The van der Waals surface area contributed by atoms with Gasteiger partial charge in [-0.05, 0) is 63.1 Å². The Morgan fingerprint density at radius 1 is 1.16 bits per heavy atom. The van der Waals surface area contributed by atoms with E-state index in [9.17, 15) is 18.8 Å². The van der Waals surface area contributed by atoms with E-state index >= 15 is 0 Å². The molecule has 0 radical (unpaired) electrons. The third kappa shape index (κ3) is 4.64. The molecule has 2 heterocycles. The van der Waals surface area contributed by atoms with Crippen molar-refractivity contribution in [3.63, 3.8) is 0 Å². The van der Waals surface area contributed by atoms with E-state index < -0.39 is 23.7 Å². The van der Waals surface area contributed by atoms with Crippen molar-refractivity contribution in [2.24, 2.45) is 0 Å². The van der Waals surface area contributed by atoms with Crippen molar-refractivity contribution < 1.29 is 27.9 Å². The van der Waals surface area contributed by atoms with E-state index in [0.717, 1.165) is 0 Å². The summed E-state index contributed by atoms with van der Waals surface area (Å²) in [5, 5.41) is 0. The van der Waals surface area contributed by atoms with Crippen molar-refractivity contribution in [2.75, 3.05) is 6.61 Å². The number of benzene rings is 1. The highest BCUT2D eigenvalue weighted by Crippen LogP contribution is 2.24. The van der Waals surface area contributed by atoms with Crippen LogP contribution in [-0.2, 0) is 11.3 Å². The molecule has 1 unspecified atom stereocenters. The van der Waals surface area contributed by atoms with Gasteiger partial charge in [-0.1, -0.05) is 12.1 Å². The van der Waals surface area contributed by atoms with Gasteiger partial charge in [0, 0.05) is 17.8 Å². The van der Waals surface area contributed by atoms with E-state index in [1.807, 2.05) is 0 Å². The number of hydrogen-bond acceptors (Lipinski definition) is 5. The normalized spacial score (nSPS) is 11.8. The first-order valence-corrected chi connectivity index (χ1v) is 10.2. The van der Waals surface area contributed by atoms with Gasteiger partial charge < -0.3 is 19.0 Å². The molecule has 168 valence electrons. The second kappa shape index (κ2) is 9.64. The molecule has 32 heavy (non-hydrogen) atoms. The van der Waals surface area contributed by atoms with Crippen LogP contribution in [0.4, 0.5) is 4.39 Å². The molecule has 3 aromatic rings. The van der Waals surface area contributed by atoms with E-state index in [2.05, 4.69) is 4.98 Å². The number of nitrogens with one attached hydrogen (secondary N) is 1. The van der Waals surface area contributed by atoms with Crippen LogP contribution in [0.5, 0.6) is 0 Å². The SMILES string of the molecule is CCOC(=O)c1[nH]c(C)c(C(=O)C(C)N(Cc2ccc(F)cc2)C(=O)c2ccco2)c1C. The van der Waals surface area contributed by atoms with Crippen molar-refractivity contribution in [1.29, 1.82) is 0 Å². The smallest absolute Gasteiger partial charge is 0.355 e. The van der Waals surface area contributed by atoms with Crippen molar-refractivity contribution >= 4 is 17.7 Å². The quantitative estimate of drug-likeness (QED) is 0.413. The maximum Gasteiger partial charge on any atom is 0.355 e. The van der Waals surface area contributed by atoms with Crippen LogP contribution in [0.3, 0.4) is 0 Å². The first kappa shape index (κ1) is 23.0. The van der Waals surface area contributed by atoms with E-state index in [1.54, 1.807) is 45.9 Å². The summed E-state index contributed by atoms with van der Waals surface area (Å²) in [6, 6.07) is 7.92. The number of aromatic amines is 1. The van der Waals surface area contributed by atoms with Gasteiger partial charge in [-0.15, -0.1) is 0 Å². The highest BCUT2D eigenvalue weighted by molar-refractivity contribution is 6.07. The second-order valence-electron chi connectivity index (χ2n) is 7.42. The zero-order chi connectivity index (χ0) is 23.4. The standard InChI is InChI=1S/C24H25FN2O5/c1-5-31-24(30)21-14(2)20(15(3)26-21)22(28)16(4)27(23(29)19-7-6-12-32-19)13-17-8-10-18(25)11-9-17/h6-12,16,26H,5,13H2,1-4H3. The predicted octanol–water partition coefficient (Wildman–Crippen LogP) is 4.45. The average Bonchev–Trinajstić information content (AvgIpc) is 3.40. The molecule has 2 aromatic heterocycles. The summed E-state index contributed by atoms with van der Waals surface area (Å²) in [6.07, 6.45) is 1.38. The molecule has 3 rings (SSSR count). The fraction of sp³-hybridized carbons (Fsp3) is 0.292. The lowest BCUT2D eigenvalue weighted by molar-refractivity contribution is 0.0518. The highest BCUT2D eigenvalue weighted by atomic mass is 19.1. The number of ether oxygens (including phenoxy) is 1. The summed E-state index contributed by atoms with van der Waals surface area (Å²) in [4.78, 5) is 43.1. The zero-order valence-corrected chi connectivity index (χ0v) is 18.4. The van der Waals surface area contributed by atoms with Crippen molar-refractivity contribution in [1.82, 2.24) is 9.88 Å². The predicted molar refractivity (Wildman–Crippen MR) is 115 cm³/mol. The van der Waals surface area contributed by atoms with Gasteiger partial charge in [-0.25, -0.2) is 9.18 Å². The number of carbonyl (C=O) groups is 3. The van der Waals surface area contributed by atoms with Crippen molar-refractivity contribution in [2.45, 2.75) is 40.3 Å². The van der Waals surface area contributed by atoms with E-state index in [-0.39, 0.29) is 30.4 Å². The van der Waals surface area contributed by atoms with E-state index in [0.29, 0.717) is 22.4 Å². The summed E-state index contributed by atoms with van der Waals surface area (Å²) in [7, 11) is 0. The molecule has 0 fully saturated rings. The molecular formula is C24H25FN2O5. The van der Waals surface area contributed by atoms with Gasteiger partial charge in [0.15, 0.2) is 11.5 Å². The van der Waals surface area contributed by atoms with Crippen LogP contribution < -0.4 is 0 Å². The van der Waals surface area contributed by atoms with Gasteiger partial charge in [-0.3, -0.25) is 9.59 Å². The lowest BCUT2D eigenvalue weighted by Gasteiger charge is -2.28. The van der Waals surface area contributed by atoms with Gasteiger partial charge >= 0.3 is 5.97 Å². The Hall–Kier alpha value is -3.68. The molecule has 0 saturated heterocycles. The maximum atomic E-state index is 13.5. The first-order valence-electron chi connectivity index (χ1n) is 10.2. The number of esters is 1. The fourth-order valence-electron chi connectivity index (χ4n) is 3.59. The average molecular weight is 440 g/mol. The minimum Gasteiger partial charge on any atom is -0.461 e. The minimum atomic E-state index is -0.888. The number of Topliss-reactive ketones (excluding diaryl/α,β-unsaturated/α-hetero) is 1. The summed E-state index contributed by atoms with van der Waals surface area (Å²) < 4.78 is 23.6. The lowest BCUT2D eigenvalue weighted by atomic mass is 9.99. The molecule has 8 heteroatoms. The zero-order valence-electron chi connectivity index (χ0n) is 18.4. The molecule has 7 nitrogen and oxygen atoms in total. The molecular weight excluding hydrogens is 415 g/mol. The minimum absolute atomic E-state index is 0.0694. The van der Waals surface area contributed by atoms with Gasteiger partial charge in [0.05, 0.1) is 18.9 Å². The van der Waals surface area contributed by atoms with Gasteiger partial charge in [0.2, 0.25) is 0 Å². The Balaban J connectivity index is 1.96. The summed E-state index contributed by atoms with van der Waals surface area (Å²) in [6.45, 7) is 6.94. The van der Waals surface area contributed by atoms with E-state index in [4.69, 9.17) is 9.15 Å². The summed E-state index contributed by atoms with van der Waals surface area (Å²) in [5.41, 5.74) is 2.17. The number of halogens is 1. The van der Waals surface area contributed by atoms with Gasteiger partial charge in [0.1, 0.15) is 11.5 Å². The molecule has 0 spiro atoms. The molecule has 1 amide bonds. The van der Waals surface area contributed by atoms with Crippen molar-refractivity contribution in [3.8, 4) is 0 Å². The number of ketones is 1. The molecule has 0 aliphatic rings. The Labute approximate surface area is 185 Å². The second-order valence-corrected chi connectivity index (χ2v) is 7.42. The molecule has 0 saturated carbocycles. The number of aryl methyl sites for hydroxylation is 1. The number of rotatable bonds is 8. The molecule has 1 aromatic carbocycles. The Morgan fingerprint density at radius 3 is 2.44 bits per heavy atom. The Morgan fingerprint density at radius 2 is 1.84 bits per heavy atom. The number of nitrogens with zero attached hydrogens (tertiary/aromatic N) is 1. The molecule has 0 aliphatic carbocycles. The lowest BCUT2D eigenvalue weighted by Crippen LogP contribution is -2.43. The number of amides is 1. The number of hydrogen-bond donors (Lipinski definition) is 1. The van der Waals surface area contributed by atoms with E-state index in [1.165, 1.54) is 29.4 Å². The third-order valence-corrected chi connectivity index (χ3v) is 5.27. The monoisotopic (exact) mass is 440 g/mol.